The average molecular weight is 120 g/mol. The smallest absolute Gasteiger partial charge is 0.156 e. The highest BCUT2D eigenvalue weighted by atomic mass is 32.2. The highest BCUT2D eigenvalue weighted by Crippen LogP contribution is 1.86. The molecule has 0 amide bonds. The third kappa shape index (κ3) is 5.85. The van der Waals surface area contributed by atoms with E-state index in [1.165, 1.54) is 0 Å². The van der Waals surface area contributed by atoms with Gasteiger partial charge in [-0.15, -0.1) is 0 Å². The molecule has 0 aromatic rings. The molecule has 0 aromatic heterocycles. The fourth-order valence-electron chi connectivity index (χ4n) is 0.211. The first-order valence-corrected chi connectivity index (χ1v) is 3.12. The molecule has 0 aromatic carbocycles. The van der Waals surface area contributed by atoms with Crippen LogP contribution in [0.15, 0.2) is 12.2 Å². The minimum Gasteiger partial charge on any atom is -0.306 e. The Kier molecular flexibility index (Phi) is 2.87. The van der Waals surface area contributed by atoms with Gasteiger partial charge in [0.2, 0.25) is 0 Å². The zero-order chi connectivity index (χ0) is 5.86. The maximum atomic E-state index is 9.86. The monoisotopic (exact) mass is 120 g/mol. The topological polar surface area (TPSA) is 37.3 Å². The Labute approximate surface area is 45.5 Å². The van der Waals surface area contributed by atoms with Crippen LogP contribution in [0.3, 0.4) is 0 Å². The summed E-state index contributed by atoms with van der Waals surface area (Å²) in [6, 6.07) is 0. The molecule has 0 aliphatic rings. The second-order valence-electron chi connectivity index (χ2n) is 1.42. The van der Waals surface area contributed by atoms with Crippen molar-refractivity contribution in [2.45, 2.75) is 6.92 Å². The normalized spacial score (nSPS) is 13.4. The van der Waals surface area contributed by atoms with Crippen LogP contribution in [0.2, 0.25) is 0 Å². The molecule has 2 nitrogen and oxygen atoms in total. The Morgan fingerprint density at radius 3 is 2.43 bits per heavy atom. The average Bonchev–Trinajstić information content (AvgIpc) is 1.27. The zero-order valence-corrected chi connectivity index (χ0v) is 4.99. The molecule has 0 bridgehead atoms. The first-order chi connectivity index (χ1) is 3.13. The van der Waals surface area contributed by atoms with E-state index in [4.69, 9.17) is 4.55 Å². The fraction of sp³-hybridized carbons (Fsp3) is 0.500. The van der Waals surface area contributed by atoms with E-state index in [0.29, 0.717) is 0 Å². The van der Waals surface area contributed by atoms with Gasteiger partial charge in [0.25, 0.3) is 0 Å². The van der Waals surface area contributed by atoms with Crippen LogP contribution >= 0.6 is 0 Å². The van der Waals surface area contributed by atoms with Gasteiger partial charge in [-0.1, -0.05) is 12.2 Å². The standard InChI is InChI=1S/C4H8O2S/c1-4(2)3-7(5)6/h1,3H2,2H3,(H,5,6). The lowest BCUT2D eigenvalue weighted by atomic mass is 10.4. The van der Waals surface area contributed by atoms with Crippen molar-refractivity contribution in [2.75, 3.05) is 5.75 Å². The molecule has 42 valence electrons. The molecule has 1 N–H and O–H groups in total. The van der Waals surface area contributed by atoms with Crippen molar-refractivity contribution >= 4 is 11.1 Å². The van der Waals surface area contributed by atoms with E-state index in [2.05, 4.69) is 6.58 Å². The van der Waals surface area contributed by atoms with E-state index < -0.39 is 11.1 Å². The number of hydrogen-bond acceptors (Lipinski definition) is 1. The zero-order valence-electron chi connectivity index (χ0n) is 4.18. The predicted octanol–water partition coefficient (Wildman–Crippen LogP) is 0.784. The van der Waals surface area contributed by atoms with Gasteiger partial charge in [-0.25, -0.2) is 4.21 Å². The number of rotatable bonds is 2. The Balaban J connectivity index is 3.32. The van der Waals surface area contributed by atoms with Crippen molar-refractivity contribution in [1.82, 2.24) is 0 Å². The Morgan fingerprint density at radius 1 is 2.00 bits per heavy atom. The van der Waals surface area contributed by atoms with E-state index >= 15 is 0 Å². The summed E-state index contributed by atoms with van der Waals surface area (Å²) in [7, 11) is 0. The lowest BCUT2D eigenvalue weighted by Crippen LogP contribution is -1.93. The van der Waals surface area contributed by atoms with Crippen molar-refractivity contribution < 1.29 is 8.76 Å². The molecule has 0 aliphatic carbocycles. The highest BCUT2D eigenvalue weighted by molar-refractivity contribution is 7.79. The van der Waals surface area contributed by atoms with Gasteiger partial charge in [0, 0.05) is 0 Å². The van der Waals surface area contributed by atoms with Crippen LogP contribution in [-0.4, -0.2) is 14.5 Å². The van der Waals surface area contributed by atoms with Gasteiger partial charge in [0.15, 0.2) is 11.1 Å². The second kappa shape index (κ2) is 2.93. The summed E-state index contributed by atoms with van der Waals surface area (Å²) in [5.41, 5.74) is 0.737. The van der Waals surface area contributed by atoms with Crippen LogP contribution < -0.4 is 0 Å². The summed E-state index contributed by atoms with van der Waals surface area (Å²) in [6.07, 6.45) is 0. The van der Waals surface area contributed by atoms with Crippen LogP contribution in [0.4, 0.5) is 0 Å². The van der Waals surface area contributed by atoms with Crippen molar-refractivity contribution in [3.05, 3.63) is 12.2 Å². The molecule has 7 heavy (non-hydrogen) atoms. The molecule has 1 unspecified atom stereocenters. The summed E-state index contributed by atoms with van der Waals surface area (Å²) in [5, 5.41) is 0. The van der Waals surface area contributed by atoms with Crippen LogP contribution in [0, 0.1) is 0 Å². The third-order valence-electron chi connectivity index (χ3n) is 0.370. The van der Waals surface area contributed by atoms with Crippen molar-refractivity contribution in [1.29, 1.82) is 0 Å². The fourth-order valence-corrected chi connectivity index (χ4v) is 0.632. The van der Waals surface area contributed by atoms with Crippen LogP contribution in [0.25, 0.3) is 0 Å². The van der Waals surface area contributed by atoms with E-state index in [0.717, 1.165) is 5.57 Å². The first-order valence-electron chi connectivity index (χ1n) is 1.85. The largest absolute Gasteiger partial charge is 0.306 e. The van der Waals surface area contributed by atoms with Gasteiger partial charge in [0.1, 0.15) is 0 Å². The van der Waals surface area contributed by atoms with Gasteiger partial charge < -0.3 is 4.55 Å². The Bertz CT molecular complexity index is 85.9. The van der Waals surface area contributed by atoms with Gasteiger partial charge >= 0.3 is 0 Å². The highest BCUT2D eigenvalue weighted by Gasteiger charge is 1.89. The molecule has 3 heteroatoms. The summed E-state index contributed by atoms with van der Waals surface area (Å²) in [5.74, 6) is 0.194. The van der Waals surface area contributed by atoms with E-state index in [9.17, 15) is 4.21 Å². The van der Waals surface area contributed by atoms with Crippen LogP contribution in [-0.2, 0) is 11.1 Å². The van der Waals surface area contributed by atoms with Crippen LogP contribution in [0.1, 0.15) is 6.92 Å². The molecule has 0 saturated heterocycles. The molecule has 0 spiro atoms. The Morgan fingerprint density at radius 2 is 2.43 bits per heavy atom. The first kappa shape index (κ1) is 6.85. The molecule has 0 aliphatic heterocycles. The lowest BCUT2D eigenvalue weighted by molar-refractivity contribution is 0.567. The molecule has 0 fully saturated rings. The molecule has 1 atom stereocenters. The van der Waals surface area contributed by atoms with E-state index in [1.807, 2.05) is 0 Å². The minimum absolute atomic E-state index is 0.194. The summed E-state index contributed by atoms with van der Waals surface area (Å²) < 4.78 is 18.0. The van der Waals surface area contributed by atoms with Crippen molar-refractivity contribution in [3.8, 4) is 0 Å². The van der Waals surface area contributed by atoms with E-state index in [-0.39, 0.29) is 5.75 Å². The minimum atomic E-state index is -1.70. The maximum absolute atomic E-state index is 9.86. The summed E-state index contributed by atoms with van der Waals surface area (Å²) >= 11 is -1.70. The summed E-state index contributed by atoms with van der Waals surface area (Å²) in [6.45, 7) is 5.16. The maximum Gasteiger partial charge on any atom is 0.156 e. The molecule has 0 saturated carbocycles. The third-order valence-corrected chi connectivity index (χ3v) is 1.11. The molecule has 0 heterocycles. The lowest BCUT2D eigenvalue weighted by Gasteiger charge is -1.87. The van der Waals surface area contributed by atoms with Crippen LogP contribution in [0.5, 0.6) is 0 Å². The van der Waals surface area contributed by atoms with Crippen molar-refractivity contribution in [2.24, 2.45) is 0 Å². The van der Waals surface area contributed by atoms with Gasteiger partial charge in [-0.05, 0) is 6.92 Å². The molecule has 0 rings (SSSR count). The molecular formula is C4H8O2S. The van der Waals surface area contributed by atoms with Gasteiger partial charge in [-0.3, -0.25) is 0 Å². The van der Waals surface area contributed by atoms with E-state index in [1.54, 1.807) is 6.92 Å². The molecule has 0 radical (unpaired) electrons. The Hall–Kier alpha value is -0.150. The SMILES string of the molecule is C=C(C)CS(=O)O. The quantitative estimate of drug-likeness (QED) is 0.432. The number of hydrogen-bond donors (Lipinski definition) is 1. The molecular weight excluding hydrogens is 112 g/mol. The van der Waals surface area contributed by atoms with Crippen molar-refractivity contribution in [3.63, 3.8) is 0 Å². The van der Waals surface area contributed by atoms with Gasteiger partial charge in [-0.2, -0.15) is 0 Å². The summed E-state index contributed by atoms with van der Waals surface area (Å²) in [4.78, 5) is 0. The second-order valence-corrected chi connectivity index (χ2v) is 2.35. The predicted molar refractivity (Wildman–Crippen MR) is 30.5 cm³/mol. The van der Waals surface area contributed by atoms with Gasteiger partial charge in [0.05, 0.1) is 5.75 Å².